The molecule has 3 rings (SSSR count). The summed E-state index contributed by atoms with van der Waals surface area (Å²) in [6, 6.07) is 0. The van der Waals surface area contributed by atoms with Crippen LogP contribution in [-0.2, 0) is 13.9 Å². The molecular formula is C17H29N5O5Si. The number of rotatable bonds is 5. The maximum Gasteiger partial charge on any atom is 0.280 e. The van der Waals surface area contributed by atoms with Crippen molar-refractivity contribution in [3.63, 3.8) is 0 Å². The summed E-state index contributed by atoms with van der Waals surface area (Å²) in [4.78, 5) is 22.8. The molecule has 156 valence electrons. The zero-order valence-electron chi connectivity index (χ0n) is 17.1. The fraction of sp³-hybridized carbons (Fsp3) is 0.706. The van der Waals surface area contributed by atoms with Gasteiger partial charge in [0.2, 0.25) is 5.95 Å². The molecule has 3 heterocycles. The number of aliphatic hydroxyl groups excluding tert-OH is 1. The van der Waals surface area contributed by atoms with Gasteiger partial charge in [-0.2, -0.15) is 4.98 Å². The Morgan fingerprint density at radius 1 is 1.39 bits per heavy atom. The summed E-state index contributed by atoms with van der Waals surface area (Å²) in [6.45, 7) is 10.5. The molecule has 0 unspecified atom stereocenters. The number of ether oxygens (including phenoxy) is 2. The molecule has 0 bridgehead atoms. The number of anilines is 1. The van der Waals surface area contributed by atoms with E-state index in [0.717, 1.165) is 0 Å². The number of imidazole rings is 1. The van der Waals surface area contributed by atoms with Crippen molar-refractivity contribution in [1.29, 1.82) is 0 Å². The van der Waals surface area contributed by atoms with Gasteiger partial charge in [0.1, 0.15) is 18.3 Å². The molecule has 4 N–H and O–H groups in total. The average molecular weight is 412 g/mol. The van der Waals surface area contributed by atoms with Crippen molar-refractivity contribution in [2.45, 2.75) is 63.4 Å². The van der Waals surface area contributed by atoms with Gasteiger partial charge in [0.25, 0.3) is 5.56 Å². The second-order valence-corrected chi connectivity index (χ2v) is 13.3. The standard InChI is InChI=1S/C17H29N5O5Si/c1-17(2,3)28(5,6)27-11-9(7-23)26-15(12(11)25-4)22-8-19-10-13(22)20-16(18)21-14(10)24/h8-9,11-12,15,23H,7H2,1-6H3,(H3,18,20,21,24)/t9-,11-,12-,15-/m1/s1. The maximum atomic E-state index is 12.1. The molecule has 2 aromatic rings. The van der Waals surface area contributed by atoms with Crippen LogP contribution in [0.25, 0.3) is 11.2 Å². The predicted octanol–water partition coefficient (Wildman–Crippen LogP) is 0.997. The quantitative estimate of drug-likeness (QED) is 0.620. The third-order valence-electron chi connectivity index (χ3n) is 5.70. The summed E-state index contributed by atoms with van der Waals surface area (Å²) < 4.78 is 19.9. The van der Waals surface area contributed by atoms with Crippen LogP contribution < -0.4 is 11.3 Å². The van der Waals surface area contributed by atoms with E-state index in [2.05, 4.69) is 48.8 Å². The highest BCUT2D eigenvalue weighted by Gasteiger charge is 2.51. The number of fused-ring (bicyclic) bond motifs is 1. The molecule has 0 amide bonds. The summed E-state index contributed by atoms with van der Waals surface area (Å²) in [5, 5.41) is 9.89. The van der Waals surface area contributed by atoms with Crippen LogP contribution in [0.1, 0.15) is 27.0 Å². The second-order valence-electron chi connectivity index (χ2n) is 8.57. The Kier molecular flexibility index (Phi) is 5.40. The molecule has 1 saturated heterocycles. The second kappa shape index (κ2) is 7.23. The number of nitrogens with one attached hydrogen (secondary N) is 1. The normalized spacial score (nSPS) is 26.2. The van der Waals surface area contributed by atoms with E-state index in [1.807, 2.05) is 0 Å². The third kappa shape index (κ3) is 3.48. The van der Waals surface area contributed by atoms with E-state index in [1.165, 1.54) is 6.33 Å². The highest BCUT2D eigenvalue weighted by Crippen LogP contribution is 2.42. The lowest BCUT2D eigenvalue weighted by molar-refractivity contribution is -0.0583. The van der Waals surface area contributed by atoms with Gasteiger partial charge in [-0.15, -0.1) is 0 Å². The van der Waals surface area contributed by atoms with Crippen molar-refractivity contribution >= 4 is 25.4 Å². The van der Waals surface area contributed by atoms with E-state index in [9.17, 15) is 9.90 Å². The van der Waals surface area contributed by atoms with Gasteiger partial charge in [-0.25, -0.2) is 4.98 Å². The number of aromatic amines is 1. The molecule has 0 spiro atoms. The fourth-order valence-electron chi connectivity index (χ4n) is 3.12. The lowest BCUT2D eigenvalue weighted by Crippen LogP contribution is -2.50. The van der Waals surface area contributed by atoms with Gasteiger partial charge in [0, 0.05) is 7.11 Å². The SMILES string of the molecule is CO[C@@H]1[C@H](O[Si](C)(C)C(C)(C)C)[C@@H](CO)O[C@H]1n1cnc2c(=O)[nH]c(N)nc21. The number of aliphatic hydroxyl groups is 1. The molecular weight excluding hydrogens is 382 g/mol. The Bertz CT molecular complexity index is 905. The number of nitrogens with zero attached hydrogens (tertiary/aromatic N) is 3. The van der Waals surface area contributed by atoms with E-state index in [-0.39, 0.29) is 28.8 Å². The van der Waals surface area contributed by atoms with Gasteiger partial charge in [-0.1, -0.05) is 20.8 Å². The molecule has 2 aromatic heterocycles. The first kappa shape index (κ1) is 20.9. The lowest BCUT2D eigenvalue weighted by Gasteiger charge is -2.40. The van der Waals surface area contributed by atoms with Crippen LogP contribution in [0.3, 0.4) is 0 Å². The smallest absolute Gasteiger partial charge is 0.280 e. The van der Waals surface area contributed by atoms with Crippen LogP contribution in [0.15, 0.2) is 11.1 Å². The van der Waals surface area contributed by atoms with Crippen LogP contribution in [-0.4, -0.2) is 65.0 Å². The lowest BCUT2D eigenvalue weighted by atomic mass is 10.1. The molecule has 10 nitrogen and oxygen atoms in total. The monoisotopic (exact) mass is 411 g/mol. The summed E-state index contributed by atoms with van der Waals surface area (Å²) in [5.74, 6) is -0.0148. The van der Waals surface area contributed by atoms with E-state index in [4.69, 9.17) is 19.6 Å². The Balaban J connectivity index is 2.01. The van der Waals surface area contributed by atoms with Crippen LogP contribution in [0.5, 0.6) is 0 Å². The largest absolute Gasteiger partial charge is 0.408 e. The number of H-pyrrole nitrogens is 1. The highest BCUT2D eigenvalue weighted by molar-refractivity contribution is 6.74. The van der Waals surface area contributed by atoms with Gasteiger partial charge < -0.3 is 24.7 Å². The van der Waals surface area contributed by atoms with Gasteiger partial charge in [-0.3, -0.25) is 14.3 Å². The van der Waals surface area contributed by atoms with Gasteiger partial charge in [0.15, 0.2) is 25.7 Å². The molecule has 28 heavy (non-hydrogen) atoms. The fourth-order valence-corrected chi connectivity index (χ4v) is 4.44. The van der Waals surface area contributed by atoms with Gasteiger partial charge in [0.05, 0.1) is 12.9 Å². The first-order valence-electron chi connectivity index (χ1n) is 9.19. The van der Waals surface area contributed by atoms with E-state index < -0.39 is 38.4 Å². The number of methoxy groups -OCH3 is 1. The zero-order chi connectivity index (χ0) is 20.9. The molecule has 1 fully saturated rings. The molecule has 1 aliphatic rings. The summed E-state index contributed by atoms with van der Waals surface area (Å²) in [5.41, 5.74) is 5.71. The number of hydrogen-bond acceptors (Lipinski definition) is 8. The predicted molar refractivity (Wildman–Crippen MR) is 106 cm³/mol. The van der Waals surface area contributed by atoms with Crippen LogP contribution >= 0.6 is 0 Å². The maximum absolute atomic E-state index is 12.1. The molecule has 0 aromatic carbocycles. The van der Waals surface area contributed by atoms with Crippen molar-refractivity contribution in [3.8, 4) is 0 Å². The van der Waals surface area contributed by atoms with Gasteiger partial charge in [-0.05, 0) is 18.1 Å². The number of nitrogen functional groups attached to an aromatic ring is 1. The Morgan fingerprint density at radius 3 is 2.64 bits per heavy atom. The molecule has 0 radical (unpaired) electrons. The van der Waals surface area contributed by atoms with Crippen molar-refractivity contribution in [2.24, 2.45) is 0 Å². The number of hydrogen-bond donors (Lipinski definition) is 3. The third-order valence-corrected chi connectivity index (χ3v) is 10.2. The van der Waals surface area contributed by atoms with E-state index >= 15 is 0 Å². The molecule has 0 saturated carbocycles. The summed E-state index contributed by atoms with van der Waals surface area (Å²) >= 11 is 0. The molecule has 11 heteroatoms. The van der Waals surface area contributed by atoms with Crippen LogP contribution in [0.4, 0.5) is 5.95 Å². The highest BCUT2D eigenvalue weighted by atomic mass is 28.4. The summed E-state index contributed by atoms with van der Waals surface area (Å²) in [6.07, 6.45) is -0.785. The molecule has 4 atom stereocenters. The first-order chi connectivity index (χ1) is 13.0. The topological polar surface area (TPSA) is 138 Å². The number of aromatic nitrogens is 4. The van der Waals surface area contributed by atoms with Crippen molar-refractivity contribution in [3.05, 3.63) is 16.7 Å². The Hall–Kier alpha value is -1.79. The zero-order valence-corrected chi connectivity index (χ0v) is 18.1. The van der Waals surface area contributed by atoms with Gasteiger partial charge >= 0.3 is 0 Å². The first-order valence-corrected chi connectivity index (χ1v) is 12.1. The average Bonchev–Trinajstić information content (AvgIpc) is 3.14. The molecule has 0 aliphatic carbocycles. The van der Waals surface area contributed by atoms with Crippen molar-refractivity contribution in [2.75, 3.05) is 19.5 Å². The van der Waals surface area contributed by atoms with E-state index in [1.54, 1.807) is 11.7 Å². The van der Waals surface area contributed by atoms with Crippen molar-refractivity contribution in [1.82, 2.24) is 19.5 Å². The van der Waals surface area contributed by atoms with Crippen molar-refractivity contribution < 1.29 is 19.0 Å². The molecule has 1 aliphatic heterocycles. The van der Waals surface area contributed by atoms with Crippen LogP contribution in [0.2, 0.25) is 18.1 Å². The summed E-state index contributed by atoms with van der Waals surface area (Å²) in [7, 11) is -0.593. The van der Waals surface area contributed by atoms with Crippen LogP contribution in [0, 0.1) is 0 Å². The number of nitrogens with two attached hydrogens (primary N) is 1. The van der Waals surface area contributed by atoms with E-state index in [0.29, 0.717) is 0 Å². The minimum absolute atomic E-state index is 0.0148. The Labute approximate surface area is 164 Å². The minimum atomic E-state index is -2.16. The minimum Gasteiger partial charge on any atom is -0.408 e. The Morgan fingerprint density at radius 2 is 2.07 bits per heavy atom.